The van der Waals surface area contributed by atoms with Crippen LogP contribution < -0.4 is 5.32 Å². The quantitative estimate of drug-likeness (QED) is 0.631. The number of halogens is 1. The molecule has 0 aliphatic heterocycles. The molecule has 0 unspecified atom stereocenters. The van der Waals surface area contributed by atoms with Crippen LogP contribution in [-0.4, -0.2) is 21.7 Å². The van der Waals surface area contributed by atoms with Gasteiger partial charge in [-0.15, -0.1) is 0 Å². The fourth-order valence-corrected chi connectivity index (χ4v) is 3.89. The molecule has 0 spiro atoms. The molecule has 1 aliphatic rings. The van der Waals surface area contributed by atoms with Crippen molar-refractivity contribution >= 4 is 28.5 Å². The summed E-state index contributed by atoms with van der Waals surface area (Å²) in [4.78, 5) is 12.2. The van der Waals surface area contributed by atoms with E-state index in [1.807, 2.05) is 29.7 Å². The van der Waals surface area contributed by atoms with Crippen LogP contribution in [0.5, 0.6) is 0 Å². The molecule has 2 N–H and O–H groups in total. The molecule has 0 saturated heterocycles. The summed E-state index contributed by atoms with van der Waals surface area (Å²) in [5.74, 6) is -0.903. The minimum Gasteiger partial charge on any atom is -0.477 e. The molecule has 0 atom stereocenters. The lowest BCUT2D eigenvalue weighted by atomic mass is 9.93. The zero-order chi connectivity index (χ0) is 19.0. The first kappa shape index (κ1) is 18.1. The molecule has 0 amide bonds. The van der Waals surface area contributed by atoms with Gasteiger partial charge in [-0.25, -0.2) is 4.79 Å². The molecule has 1 aliphatic carbocycles. The van der Waals surface area contributed by atoms with Crippen molar-refractivity contribution in [1.82, 2.24) is 9.88 Å². The normalized spacial score (nSPS) is 14.4. The van der Waals surface area contributed by atoms with Gasteiger partial charge in [-0.3, -0.25) is 0 Å². The number of carbonyl (C=O) groups is 1. The highest BCUT2D eigenvalue weighted by atomic mass is 35.5. The number of carboxylic acid groups (broad SMARTS) is 1. The summed E-state index contributed by atoms with van der Waals surface area (Å²) in [7, 11) is 0. The average Bonchev–Trinajstić information content (AvgIpc) is 2.89. The van der Waals surface area contributed by atoms with Crippen LogP contribution in [0.2, 0.25) is 5.02 Å². The van der Waals surface area contributed by atoms with Crippen LogP contribution in [0.15, 0.2) is 42.5 Å². The molecule has 2 aromatic carbocycles. The lowest BCUT2D eigenvalue weighted by molar-refractivity contribution is 0.0684. The fourth-order valence-electron chi connectivity index (χ4n) is 3.72. The Balaban J connectivity index is 1.81. The van der Waals surface area contributed by atoms with Crippen molar-refractivity contribution in [2.45, 2.75) is 45.3 Å². The van der Waals surface area contributed by atoms with Gasteiger partial charge in [-0.2, -0.15) is 0 Å². The van der Waals surface area contributed by atoms with E-state index in [2.05, 4.69) is 29.6 Å². The molecule has 4 nitrogen and oxygen atoms in total. The van der Waals surface area contributed by atoms with E-state index in [4.69, 9.17) is 11.6 Å². The summed E-state index contributed by atoms with van der Waals surface area (Å²) in [5, 5.41) is 15.0. The molecular weight excluding hydrogens is 360 g/mol. The molecule has 1 fully saturated rings. The highest BCUT2D eigenvalue weighted by molar-refractivity contribution is 6.31. The fraction of sp³-hybridized carbons (Fsp3) is 0.318. The van der Waals surface area contributed by atoms with E-state index >= 15 is 0 Å². The number of aromatic carboxylic acids is 1. The van der Waals surface area contributed by atoms with Gasteiger partial charge in [0.05, 0.1) is 0 Å². The lowest BCUT2D eigenvalue weighted by Gasteiger charge is -2.26. The largest absolute Gasteiger partial charge is 0.477 e. The number of nitrogens with one attached hydrogen (secondary N) is 1. The molecule has 0 radical (unpaired) electrons. The Morgan fingerprint density at radius 2 is 1.96 bits per heavy atom. The van der Waals surface area contributed by atoms with Crippen LogP contribution >= 0.6 is 11.6 Å². The molecule has 1 heterocycles. The average molecular weight is 383 g/mol. The Kier molecular flexibility index (Phi) is 4.94. The third kappa shape index (κ3) is 3.60. The summed E-state index contributed by atoms with van der Waals surface area (Å²) in [6, 6.07) is 14.3. The predicted molar refractivity (Wildman–Crippen MR) is 109 cm³/mol. The number of aryl methyl sites for hydroxylation is 1. The summed E-state index contributed by atoms with van der Waals surface area (Å²) in [6.45, 7) is 3.11. The Morgan fingerprint density at radius 3 is 2.59 bits per heavy atom. The maximum absolute atomic E-state index is 12.2. The summed E-state index contributed by atoms with van der Waals surface area (Å²) in [5.41, 5.74) is 4.33. The van der Waals surface area contributed by atoms with Crippen molar-refractivity contribution in [1.29, 1.82) is 0 Å². The molecular formula is C22H23ClN2O2. The number of hydrogen-bond donors (Lipinski definition) is 2. The second kappa shape index (κ2) is 7.37. The minimum absolute atomic E-state index is 0.347. The minimum atomic E-state index is -0.903. The highest BCUT2D eigenvalue weighted by Gasteiger charge is 2.24. The number of nitrogens with zero attached hydrogens (tertiary/aromatic N) is 1. The molecule has 1 saturated carbocycles. The van der Waals surface area contributed by atoms with Gasteiger partial charge in [-0.1, -0.05) is 47.9 Å². The maximum Gasteiger partial charge on any atom is 0.352 e. The van der Waals surface area contributed by atoms with E-state index in [0.717, 1.165) is 34.9 Å². The zero-order valence-electron chi connectivity index (χ0n) is 15.3. The zero-order valence-corrected chi connectivity index (χ0v) is 16.1. The second-order valence-corrected chi connectivity index (χ2v) is 7.81. The molecule has 5 heteroatoms. The summed E-state index contributed by atoms with van der Waals surface area (Å²) < 4.78 is 1.90. The van der Waals surface area contributed by atoms with E-state index in [9.17, 15) is 9.90 Å². The molecule has 3 aromatic rings. The number of benzene rings is 2. The molecule has 4 rings (SSSR count). The number of hydrogen-bond acceptors (Lipinski definition) is 2. The Bertz CT molecular complexity index is 988. The van der Waals surface area contributed by atoms with Gasteiger partial charge in [0.25, 0.3) is 0 Å². The van der Waals surface area contributed by atoms with Crippen molar-refractivity contribution in [3.8, 4) is 0 Å². The van der Waals surface area contributed by atoms with Gasteiger partial charge in [0.1, 0.15) is 5.69 Å². The summed E-state index contributed by atoms with van der Waals surface area (Å²) in [6.07, 6.45) is 3.56. The number of rotatable bonds is 6. The van der Waals surface area contributed by atoms with E-state index in [1.54, 1.807) is 0 Å². The number of fused-ring (bicyclic) bond motifs is 1. The van der Waals surface area contributed by atoms with Gasteiger partial charge in [-0.05, 0) is 43.5 Å². The highest BCUT2D eigenvalue weighted by Crippen LogP contribution is 2.31. The second-order valence-electron chi connectivity index (χ2n) is 7.37. The molecule has 0 bridgehead atoms. The van der Waals surface area contributed by atoms with E-state index in [1.165, 1.54) is 12.0 Å². The van der Waals surface area contributed by atoms with Gasteiger partial charge in [0, 0.05) is 40.6 Å². The maximum atomic E-state index is 12.2. The SMILES string of the molecule is Cc1ccc(Cn2c(C(=O)O)c(CNC3CCC3)c3cc(Cl)ccc32)cc1. The van der Waals surface area contributed by atoms with Crippen LogP contribution in [0.4, 0.5) is 0 Å². The van der Waals surface area contributed by atoms with Gasteiger partial charge >= 0.3 is 5.97 Å². The van der Waals surface area contributed by atoms with Crippen LogP contribution in [0.3, 0.4) is 0 Å². The topological polar surface area (TPSA) is 54.3 Å². The molecule has 27 heavy (non-hydrogen) atoms. The first-order chi connectivity index (χ1) is 13.0. The van der Waals surface area contributed by atoms with Gasteiger partial charge < -0.3 is 15.0 Å². The lowest BCUT2D eigenvalue weighted by Crippen LogP contribution is -2.34. The van der Waals surface area contributed by atoms with Crippen LogP contribution in [0.25, 0.3) is 10.9 Å². The first-order valence-electron chi connectivity index (χ1n) is 9.36. The van der Waals surface area contributed by atoms with Crippen molar-refractivity contribution < 1.29 is 9.90 Å². The Hall–Kier alpha value is -2.30. The number of carboxylic acids is 1. The monoisotopic (exact) mass is 382 g/mol. The first-order valence-corrected chi connectivity index (χ1v) is 9.73. The van der Waals surface area contributed by atoms with Crippen molar-refractivity contribution in [3.63, 3.8) is 0 Å². The number of aromatic nitrogens is 1. The van der Waals surface area contributed by atoms with Crippen molar-refractivity contribution in [3.05, 3.63) is 69.9 Å². The smallest absolute Gasteiger partial charge is 0.352 e. The van der Waals surface area contributed by atoms with Gasteiger partial charge in [0.2, 0.25) is 0 Å². The van der Waals surface area contributed by atoms with Crippen molar-refractivity contribution in [2.24, 2.45) is 0 Å². The predicted octanol–water partition coefficient (Wildman–Crippen LogP) is 4.99. The molecule has 140 valence electrons. The van der Waals surface area contributed by atoms with E-state index in [-0.39, 0.29) is 0 Å². The summed E-state index contributed by atoms with van der Waals surface area (Å²) >= 11 is 6.23. The van der Waals surface area contributed by atoms with Gasteiger partial charge in [0.15, 0.2) is 0 Å². The Labute approximate surface area is 163 Å². The van der Waals surface area contributed by atoms with E-state index < -0.39 is 5.97 Å². The van der Waals surface area contributed by atoms with Crippen LogP contribution in [0, 0.1) is 6.92 Å². The van der Waals surface area contributed by atoms with Crippen LogP contribution in [-0.2, 0) is 13.1 Å². The Morgan fingerprint density at radius 1 is 1.22 bits per heavy atom. The third-order valence-electron chi connectivity index (χ3n) is 5.47. The van der Waals surface area contributed by atoms with Crippen LogP contribution in [0.1, 0.15) is 46.4 Å². The van der Waals surface area contributed by atoms with Crippen molar-refractivity contribution in [2.75, 3.05) is 0 Å². The molecule has 1 aromatic heterocycles. The standard InChI is InChI=1S/C22H23ClN2O2/c1-14-5-7-15(8-6-14)13-25-20-10-9-16(23)11-18(20)19(21(25)22(26)27)12-24-17-3-2-4-17/h5-11,17,24H,2-4,12-13H2,1H3,(H,26,27). The third-order valence-corrected chi connectivity index (χ3v) is 5.70. The van der Waals surface area contributed by atoms with E-state index in [0.29, 0.717) is 29.8 Å².